The van der Waals surface area contributed by atoms with E-state index in [0.717, 1.165) is 15.7 Å². The molecule has 0 radical (unpaired) electrons. The van der Waals surface area contributed by atoms with Gasteiger partial charge in [0, 0.05) is 27.3 Å². The molecule has 152 valence electrons. The summed E-state index contributed by atoms with van der Waals surface area (Å²) in [7, 11) is -4.01. The molecule has 0 unspecified atom stereocenters. The minimum atomic E-state index is -4.01. The summed E-state index contributed by atoms with van der Waals surface area (Å²) in [5, 5.41) is 14.8. The number of nitrogens with one attached hydrogen (secondary N) is 2. The van der Waals surface area contributed by atoms with E-state index < -0.39 is 16.1 Å². The SMILES string of the molecule is N#C/C(=C\Nc1ccc(S(=O)(=O)NC(N)=O)cc1)c1nc(-c2cccc(Br)c2)cs1. The van der Waals surface area contributed by atoms with Gasteiger partial charge in [0.25, 0.3) is 10.0 Å². The lowest BCUT2D eigenvalue weighted by atomic mass is 10.2. The van der Waals surface area contributed by atoms with Crippen LogP contribution in [0.1, 0.15) is 5.01 Å². The Labute approximate surface area is 185 Å². The van der Waals surface area contributed by atoms with E-state index in [1.54, 1.807) is 4.72 Å². The number of benzene rings is 2. The number of halogens is 1. The summed E-state index contributed by atoms with van der Waals surface area (Å²) in [6.45, 7) is 0. The first kappa shape index (κ1) is 21.5. The molecule has 3 aromatic rings. The molecule has 4 N–H and O–H groups in total. The van der Waals surface area contributed by atoms with Crippen LogP contribution in [0.2, 0.25) is 0 Å². The number of amides is 2. The van der Waals surface area contributed by atoms with Crippen LogP contribution in [0, 0.1) is 11.3 Å². The molecule has 2 amide bonds. The Balaban J connectivity index is 1.77. The Bertz CT molecular complexity index is 1260. The topological polar surface area (TPSA) is 138 Å². The summed E-state index contributed by atoms with van der Waals surface area (Å²) < 4.78 is 26.4. The number of hydrogen-bond donors (Lipinski definition) is 3. The molecule has 30 heavy (non-hydrogen) atoms. The number of nitriles is 1. The summed E-state index contributed by atoms with van der Waals surface area (Å²) in [6, 6.07) is 14.2. The number of urea groups is 1. The number of carbonyl (C=O) groups excluding carboxylic acids is 1. The third-order valence-electron chi connectivity index (χ3n) is 3.76. The van der Waals surface area contributed by atoms with Crippen LogP contribution in [0.25, 0.3) is 16.8 Å². The first-order valence-electron chi connectivity index (χ1n) is 8.29. The molecule has 3 rings (SSSR count). The van der Waals surface area contributed by atoms with E-state index in [-0.39, 0.29) is 4.90 Å². The molecule has 0 bridgehead atoms. The fourth-order valence-corrected chi connectivity index (χ4v) is 4.47. The first-order chi connectivity index (χ1) is 14.3. The van der Waals surface area contributed by atoms with Crippen molar-refractivity contribution in [1.29, 1.82) is 5.26 Å². The van der Waals surface area contributed by atoms with Crippen molar-refractivity contribution < 1.29 is 13.2 Å². The number of primary amides is 1. The quantitative estimate of drug-likeness (QED) is 0.436. The predicted octanol–water partition coefficient (Wildman–Crippen LogP) is 3.91. The number of allylic oxidation sites excluding steroid dienone is 1. The maximum absolute atomic E-state index is 11.9. The highest BCUT2D eigenvalue weighted by Gasteiger charge is 2.15. The van der Waals surface area contributed by atoms with Crippen LogP contribution in [-0.2, 0) is 10.0 Å². The van der Waals surface area contributed by atoms with Crippen molar-refractivity contribution in [3.8, 4) is 17.3 Å². The standard InChI is InChI=1S/C19H14BrN5O3S2/c20-14-3-1-2-12(8-14)17-11-29-18(24-17)13(9-21)10-23-15-4-6-16(7-5-15)30(27,28)25-19(22)26/h1-8,10-11,23H,(H3,22,25,26)/b13-10+. The zero-order valence-electron chi connectivity index (χ0n) is 15.2. The number of carbonyl (C=O) groups is 1. The molecule has 11 heteroatoms. The van der Waals surface area contributed by atoms with Crippen molar-refractivity contribution >= 4 is 54.6 Å². The molecule has 0 atom stereocenters. The monoisotopic (exact) mass is 503 g/mol. The average molecular weight is 504 g/mol. The van der Waals surface area contributed by atoms with Gasteiger partial charge in [0.15, 0.2) is 0 Å². The van der Waals surface area contributed by atoms with Crippen LogP contribution in [0.5, 0.6) is 0 Å². The molecule has 0 spiro atoms. The summed E-state index contributed by atoms with van der Waals surface area (Å²) in [5.41, 5.74) is 7.42. The number of thiazole rings is 1. The molecule has 2 aromatic carbocycles. The van der Waals surface area contributed by atoms with Crippen molar-refractivity contribution in [2.24, 2.45) is 5.73 Å². The Morgan fingerprint density at radius 1 is 1.23 bits per heavy atom. The van der Waals surface area contributed by atoms with Gasteiger partial charge < -0.3 is 11.1 Å². The highest BCUT2D eigenvalue weighted by molar-refractivity contribution is 9.10. The average Bonchev–Trinajstić information content (AvgIpc) is 3.18. The van der Waals surface area contributed by atoms with Gasteiger partial charge in [-0.1, -0.05) is 28.1 Å². The third-order valence-corrected chi connectivity index (χ3v) is 6.49. The molecule has 1 heterocycles. The van der Waals surface area contributed by atoms with E-state index >= 15 is 0 Å². The Morgan fingerprint density at radius 2 is 1.97 bits per heavy atom. The van der Waals surface area contributed by atoms with Crippen LogP contribution in [-0.4, -0.2) is 19.4 Å². The van der Waals surface area contributed by atoms with Crippen LogP contribution >= 0.6 is 27.3 Å². The van der Waals surface area contributed by atoms with Gasteiger partial charge in [0.1, 0.15) is 16.6 Å². The van der Waals surface area contributed by atoms with Crippen LogP contribution in [0.15, 0.2) is 69.5 Å². The van der Waals surface area contributed by atoms with Gasteiger partial charge in [-0.3, -0.25) is 0 Å². The fourth-order valence-electron chi connectivity index (χ4n) is 2.40. The molecule has 8 nitrogen and oxygen atoms in total. The van der Waals surface area contributed by atoms with Gasteiger partial charge in [-0.25, -0.2) is 22.9 Å². The lowest BCUT2D eigenvalue weighted by Crippen LogP contribution is -2.34. The Morgan fingerprint density at radius 3 is 2.60 bits per heavy atom. The second-order valence-corrected chi connectivity index (χ2v) is 9.31. The highest BCUT2D eigenvalue weighted by Crippen LogP contribution is 2.27. The van der Waals surface area contributed by atoms with Crippen molar-refractivity contribution in [3.63, 3.8) is 0 Å². The number of rotatable bonds is 6. The van der Waals surface area contributed by atoms with Crippen LogP contribution < -0.4 is 15.8 Å². The summed E-state index contributed by atoms with van der Waals surface area (Å²) in [6.07, 6.45) is 1.49. The number of nitrogens with two attached hydrogens (primary N) is 1. The Hall–Kier alpha value is -3.20. The maximum atomic E-state index is 11.9. The molecule has 0 aliphatic heterocycles. The molecule has 0 saturated carbocycles. The van der Waals surface area contributed by atoms with Gasteiger partial charge in [0.2, 0.25) is 0 Å². The van der Waals surface area contributed by atoms with Crippen molar-refractivity contribution in [2.45, 2.75) is 4.90 Å². The number of anilines is 1. The van der Waals surface area contributed by atoms with Crippen molar-refractivity contribution in [3.05, 3.63) is 69.6 Å². The van der Waals surface area contributed by atoms with Gasteiger partial charge in [-0.15, -0.1) is 11.3 Å². The molecule has 0 saturated heterocycles. The van der Waals surface area contributed by atoms with E-state index in [1.165, 1.54) is 41.8 Å². The van der Waals surface area contributed by atoms with Gasteiger partial charge in [0.05, 0.1) is 10.6 Å². The second kappa shape index (κ2) is 9.08. The number of hydrogen-bond acceptors (Lipinski definition) is 7. The first-order valence-corrected chi connectivity index (χ1v) is 11.4. The second-order valence-electron chi connectivity index (χ2n) is 5.86. The van der Waals surface area contributed by atoms with E-state index in [0.29, 0.717) is 16.3 Å². The Kier molecular flexibility index (Phi) is 6.51. The van der Waals surface area contributed by atoms with Gasteiger partial charge in [-0.05, 0) is 36.4 Å². The molecule has 1 aromatic heterocycles. The van der Waals surface area contributed by atoms with E-state index in [2.05, 4.69) is 32.3 Å². The normalized spacial score (nSPS) is 11.5. The van der Waals surface area contributed by atoms with E-state index in [1.807, 2.05) is 29.6 Å². The zero-order valence-corrected chi connectivity index (χ0v) is 18.4. The molecule has 0 aliphatic rings. The lowest BCUT2D eigenvalue weighted by molar-refractivity contribution is 0.253. The van der Waals surface area contributed by atoms with Gasteiger partial charge >= 0.3 is 6.03 Å². The fraction of sp³-hybridized carbons (Fsp3) is 0. The number of sulfonamides is 1. The predicted molar refractivity (Wildman–Crippen MR) is 119 cm³/mol. The van der Waals surface area contributed by atoms with E-state index in [9.17, 15) is 18.5 Å². The largest absolute Gasteiger partial charge is 0.360 e. The molecular formula is C19H14BrN5O3S2. The third kappa shape index (κ3) is 5.24. The number of nitrogens with zero attached hydrogens (tertiary/aromatic N) is 2. The lowest BCUT2D eigenvalue weighted by Gasteiger charge is -2.06. The minimum Gasteiger partial charge on any atom is -0.360 e. The maximum Gasteiger partial charge on any atom is 0.326 e. The zero-order chi connectivity index (χ0) is 21.7. The highest BCUT2D eigenvalue weighted by atomic mass is 79.9. The minimum absolute atomic E-state index is 0.116. The van der Waals surface area contributed by atoms with E-state index in [4.69, 9.17) is 5.73 Å². The number of aromatic nitrogens is 1. The summed E-state index contributed by atoms with van der Waals surface area (Å²) in [5.74, 6) is 0. The van der Waals surface area contributed by atoms with Crippen LogP contribution in [0.4, 0.5) is 10.5 Å². The van der Waals surface area contributed by atoms with Crippen molar-refractivity contribution in [1.82, 2.24) is 9.71 Å². The van der Waals surface area contributed by atoms with Crippen LogP contribution in [0.3, 0.4) is 0 Å². The summed E-state index contributed by atoms with van der Waals surface area (Å²) >= 11 is 4.77. The smallest absolute Gasteiger partial charge is 0.326 e. The van der Waals surface area contributed by atoms with Crippen molar-refractivity contribution in [2.75, 3.05) is 5.32 Å². The molecule has 0 aliphatic carbocycles. The van der Waals surface area contributed by atoms with Gasteiger partial charge in [-0.2, -0.15) is 5.26 Å². The molecular weight excluding hydrogens is 490 g/mol. The molecule has 0 fully saturated rings. The summed E-state index contributed by atoms with van der Waals surface area (Å²) in [4.78, 5) is 15.2.